The van der Waals surface area contributed by atoms with Crippen LogP contribution in [0.15, 0.2) is 12.1 Å². The predicted octanol–water partition coefficient (Wildman–Crippen LogP) is 3.11. The van der Waals surface area contributed by atoms with Gasteiger partial charge in [0, 0.05) is 12.2 Å². The molecule has 0 saturated heterocycles. The first-order valence-electron chi connectivity index (χ1n) is 7.56. The number of hydrogen-bond acceptors (Lipinski definition) is 4. The molecule has 0 bridgehead atoms. The molecule has 0 spiro atoms. The van der Waals surface area contributed by atoms with Gasteiger partial charge >= 0.3 is 5.97 Å². The maximum Gasteiger partial charge on any atom is 0.335 e. The lowest BCUT2D eigenvalue weighted by Gasteiger charge is -2.21. The van der Waals surface area contributed by atoms with E-state index in [0.29, 0.717) is 12.4 Å². The molecule has 0 aromatic carbocycles. The third kappa shape index (κ3) is 5.01. The van der Waals surface area contributed by atoms with E-state index in [0.717, 1.165) is 18.5 Å². The zero-order chi connectivity index (χ0) is 16.0. The van der Waals surface area contributed by atoms with E-state index < -0.39 is 12.1 Å². The van der Waals surface area contributed by atoms with Crippen LogP contribution in [0.4, 0.5) is 5.82 Å². The molecule has 5 heteroatoms. The molecule has 1 unspecified atom stereocenters. The summed E-state index contributed by atoms with van der Waals surface area (Å²) in [7, 11) is 0. The van der Waals surface area contributed by atoms with Crippen molar-refractivity contribution in [3.63, 3.8) is 0 Å². The number of aliphatic hydroxyl groups is 1. The zero-order valence-electron chi connectivity index (χ0n) is 13.3. The van der Waals surface area contributed by atoms with Gasteiger partial charge in [0.15, 0.2) is 0 Å². The first kappa shape index (κ1) is 17.4. The van der Waals surface area contributed by atoms with Crippen LogP contribution >= 0.6 is 0 Å². The molecule has 21 heavy (non-hydrogen) atoms. The van der Waals surface area contributed by atoms with Crippen LogP contribution in [0.1, 0.15) is 62.5 Å². The smallest absolute Gasteiger partial charge is 0.335 e. The van der Waals surface area contributed by atoms with E-state index in [4.69, 9.17) is 5.11 Å². The Morgan fingerprint density at radius 2 is 1.90 bits per heavy atom. The number of carboxylic acids is 1. The van der Waals surface area contributed by atoms with Crippen LogP contribution < -0.4 is 5.32 Å². The fourth-order valence-electron chi connectivity index (χ4n) is 2.27. The van der Waals surface area contributed by atoms with Gasteiger partial charge in [-0.2, -0.15) is 0 Å². The Hall–Kier alpha value is -1.62. The lowest BCUT2D eigenvalue weighted by molar-refractivity contribution is 0.0696. The number of carboxylic acid groups (broad SMARTS) is 1. The molecule has 0 radical (unpaired) electrons. The molecule has 3 N–H and O–H groups in total. The first-order chi connectivity index (χ1) is 9.88. The number of aromatic nitrogens is 1. The molecule has 0 fully saturated rings. The van der Waals surface area contributed by atoms with Crippen LogP contribution in [0.3, 0.4) is 0 Å². The van der Waals surface area contributed by atoms with Gasteiger partial charge < -0.3 is 15.5 Å². The number of aliphatic hydroxyl groups excluding tert-OH is 1. The van der Waals surface area contributed by atoms with Crippen molar-refractivity contribution >= 4 is 11.8 Å². The van der Waals surface area contributed by atoms with E-state index in [2.05, 4.69) is 24.1 Å². The monoisotopic (exact) mass is 294 g/mol. The quantitative estimate of drug-likeness (QED) is 0.686. The van der Waals surface area contributed by atoms with Gasteiger partial charge in [-0.25, -0.2) is 9.78 Å². The standard InChI is InChI=1S/C16H26N2O3/c1-5-11(6-2)14(19)9-17-15-8-12(16(20)21)7-13(18-15)10(3)4/h7-8,10-11,14,19H,5-6,9H2,1-4H3,(H,17,18)(H,20,21). The van der Waals surface area contributed by atoms with Crippen LogP contribution in [0, 0.1) is 5.92 Å². The molecule has 1 atom stereocenters. The highest BCUT2D eigenvalue weighted by atomic mass is 16.4. The Bertz CT molecular complexity index is 471. The Kier molecular flexibility index (Phi) is 6.62. The van der Waals surface area contributed by atoms with Crippen LogP contribution in [0.2, 0.25) is 0 Å². The van der Waals surface area contributed by atoms with Gasteiger partial charge in [-0.1, -0.05) is 40.5 Å². The highest BCUT2D eigenvalue weighted by molar-refractivity contribution is 5.88. The molecule has 1 aromatic rings. The van der Waals surface area contributed by atoms with E-state index in [1.807, 2.05) is 13.8 Å². The Morgan fingerprint density at radius 3 is 2.38 bits per heavy atom. The molecule has 0 saturated carbocycles. The van der Waals surface area contributed by atoms with Gasteiger partial charge in [-0.05, 0) is 24.0 Å². The molecule has 1 heterocycles. The van der Waals surface area contributed by atoms with E-state index in [1.54, 1.807) is 6.07 Å². The number of nitrogens with zero attached hydrogens (tertiary/aromatic N) is 1. The van der Waals surface area contributed by atoms with Gasteiger partial charge in [0.25, 0.3) is 0 Å². The molecule has 118 valence electrons. The second kappa shape index (κ2) is 7.98. The van der Waals surface area contributed by atoms with Gasteiger partial charge in [0.2, 0.25) is 0 Å². The number of hydrogen-bond donors (Lipinski definition) is 3. The van der Waals surface area contributed by atoms with Gasteiger partial charge in [-0.15, -0.1) is 0 Å². The van der Waals surface area contributed by atoms with Crippen molar-refractivity contribution in [3.05, 3.63) is 23.4 Å². The van der Waals surface area contributed by atoms with E-state index >= 15 is 0 Å². The number of anilines is 1. The number of nitrogens with one attached hydrogen (secondary N) is 1. The average Bonchev–Trinajstić information content (AvgIpc) is 2.45. The molecule has 5 nitrogen and oxygen atoms in total. The summed E-state index contributed by atoms with van der Waals surface area (Å²) in [5.41, 5.74) is 0.947. The zero-order valence-corrected chi connectivity index (χ0v) is 13.3. The summed E-state index contributed by atoms with van der Waals surface area (Å²) in [4.78, 5) is 15.6. The van der Waals surface area contributed by atoms with E-state index in [1.165, 1.54) is 6.07 Å². The Balaban J connectivity index is 2.85. The van der Waals surface area contributed by atoms with Gasteiger partial charge in [0.05, 0.1) is 11.7 Å². The average molecular weight is 294 g/mol. The minimum atomic E-state index is -0.970. The lowest BCUT2D eigenvalue weighted by Crippen LogP contribution is -2.28. The van der Waals surface area contributed by atoms with E-state index in [-0.39, 0.29) is 17.4 Å². The van der Waals surface area contributed by atoms with Crippen molar-refractivity contribution in [3.8, 4) is 0 Å². The normalized spacial score (nSPS) is 12.7. The van der Waals surface area contributed by atoms with Crippen molar-refractivity contribution < 1.29 is 15.0 Å². The predicted molar refractivity (Wildman–Crippen MR) is 83.9 cm³/mol. The minimum Gasteiger partial charge on any atom is -0.478 e. The number of rotatable bonds is 8. The highest BCUT2D eigenvalue weighted by Gasteiger charge is 2.16. The summed E-state index contributed by atoms with van der Waals surface area (Å²) >= 11 is 0. The maximum atomic E-state index is 11.2. The number of aromatic carboxylic acids is 1. The molecule has 1 rings (SSSR count). The second-order valence-corrected chi connectivity index (χ2v) is 5.65. The molecule has 0 aliphatic carbocycles. The topological polar surface area (TPSA) is 82.5 Å². The fourth-order valence-corrected chi connectivity index (χ4v) is 2.27. The SMILES string of the molecule is CCC(CC)C(O)CNc1cc(C(=O)O)cc(C(C)C)n1. The Morgan fingerprint density at radius 1 is 1.29 bits per heavy atom. The molecule has 1 aromatic heterocycles. The molecule has 0 amide bonds. The summed E-state index contributed by atoms with van der Waals surface area (Å²) in [5, 5.41) is 22.3. The summed E-state index contributed by atoms with van der Waals surface area (Å²) < 4.78 is 0. The largest absolute Gasteiger partial charge is 0.478 e. The van der Waals surface area contributed by atoms with Crippen LogP contribution in [0.25, 0.3) is 0 Å². The summed E-state index contributed by atoms with van der Waals surface area (Å²) in [5.74, 6) is -0.0787. The molecule has 0 aliphatic heterocycles. The van der Waals surface area contributed by atoms with Crippen molar-refractivity contribution in [1.82, 2.24) is 4.98 Å². The van der Waals surface area contributed by atoms with Crippen LogP contribution in [-0.2, 0) is 0 Å². The van der Waals surface area contributed by atoms with Crippen molar-refractivity contribution in [2.24, 2.45) is 5.92 Å². The van der Waals surface area contributed by atoms with Gasteiger partial charge in [0.1, 0.15) is 5.82 Å². The molecular formula is C16H26N2O3. The summed E-state index contributed by atoms with van der Waals surface area (Å²) in [6.45, 7) is 8.42. The lowest BCUT2D eigenvalue weighted by atomic mass is 9.96. The van der Waals surface area contributed by atoms with Crippen molar-refractivity contribution in [2.45, 2.75) is 52.6 Å². The van der Waals surface area contributed by atoms with Crippen LogP contribution in [0.5, 0.6) is 0 Å². The Labute approximate surface area is 126 Å². The third-order valence-corrected chi connectivity index (χ3v) is 3.77. The van der Waals surface area contributed by atoms with Gasteiger partial charge in [-0.3, -0.25) is 0 Å². The van der Waals surface area contributed by atoms with Crippen molar-refractivity contribution in [1.29, 1.82) is 0 Å². The molecular weight excluding hydrogens is 268 g/mol. The van der Waals surface area contributed by atoms with Crippen molar-refractivity contribution in [2.75, 3.05) is 11.9 Å². The maximum absolute atomic E-state index is 11.2. The third-order valence-electron chi connectivity index (χ3n) is 3.77. The summed E-state index contributed by atoms with van der Waals surface area (Å²) in [6, 6.07) is 3.10. The number of pyridine rings is 1. The first-order valence-corrected chi connectivity index (χ1v) is 7.56. The highest BCUT2D eigenvalue weighted by Crippen LogP contribution is 2.19. The minimum absolute atomic E-state index is 0.147. The molecule has 0 aliphatic rings. The summed E-state index contributed by atoms with van der Waals surface area (Å²) in [6.07, 6.45) is 1.37. The van der Waals surface area contributed by atoms with E-state index in [9.17, 15) is 9.90 Å². The second-order valence-electron chi connectivity index (χ2n) is 5.65. The fraction of sp³-hybridized carbons (Fsp3) is 0.625. The number of carbonyl (C=O) groups is 1. The van der Waals surface area contributed by atoms with Crippen LogP contribution in [-0.4, -0.2) is 33.8 Å².